The third kappa shape index (κ3) is 3.47. The summed E-state index contributed by atoms with van der Waals surface area (Å²) in [4.78, 5) is 0. The maximum absolute atomic E-state index is 5.22. The molecule has 0 fully saturated rings. The first-order chi connectivity index (χ1) is 12.1. The Hall–Kier alpha value is -2.89. The largest absolute Gasteiger partial charge is 0.497 e. The topological polar surface area (TPSA) is 64.9 Å². The molecule has 0 saturated heterocycles. The monoisotopic (exact) mass is 337 g/mol. The maximum Gasteiger partial charge on any atom is 0.181 e. The Morgan fingerprint density at radius 3 is 2.36 bits per heavy atom. The van der Waals surface area contributed by atoms with E-state index in [0.29, 0.717) is 0 Å². The zero-order valence-corrected chi connectivity index (χ0v) is 15.0. The van der Waals surface area contributed by atoms with Crippen molar-refractivity contribution >= 4 is 5.69 Å². The summed E-state index contributed by atoms with van der Waals surface area (Å²) >= 11 is 0. The van der Waals surface area contributed by atoms with Crippen LogP contribution in [0.4, 0.5) is 5.69 Å². The lowest BCUT2D eigenvalue weighted by Gasteiger charge is -2.29. The van der Waals surface area contributed by atoms with E-state index in [2.05, 4.69) is 53.7 Å². The molecule has 1 N–H and O–H groups in total. The van der Waals surface area contributed by atoms with E-state index < -0.39 is 5.54 Å². The van der Waals surface area contributed by atoms with Crippen LogP contribution in [0.2, 0.25) is 0 Å². The third-order valence-electron chi connectivity index (χ3n) is 4.46. The normalized spacial score (nSPS) is 13.3. The number of hydrogen-bond donors (Lipinski definition) is 1. The lowest BCUT2D eigenvalue weighted by Crippen LogP contribution is -2.34. The van der Waals surface area contributed by atoms with Crippen LogP contribution >= 0.6 is 0 Å². The van der Waals surface area contributed by atoms with Crippen molar-refractivity contribution in [2.24, 2.45) is 0 Å². The number of nitrogens with one attached hydrogen (secondary N) is 1. The number of nitrogens with zero attached hydrogens (tertiary/aromatic N) is 4. The molecule has 3 aromatic rings. The minimum atomic E-state index is -0.414. The summed E-state index contributed by atoms with van der Waals surface area (Å²) < 4.78 is 7.01. The van der Waals surface area contributed by atoms with Gasteiger partial charge in [0.1, 0.15) is 5.75 Å². The van der Waals surface area contributed by atoms with Crippen molar-refractivity contribution in [3.63, 3.8) is 0 Å². The lowest BCUT2D eigenvalue weighted by molar-refractivity contribution is 0.414. The van der Waals surface area contributed by atoms with Crippen LogP contribution in [0.1, 0.15) is 31.7 Å². The zero-order valence-electron chi connectivity index (χ0n) is 15.0. The highest BCUT2D eigenvalue weighted by molar-refractivity contribution is 5.49. The van der Waals surface area contributed by atoms with Crippen molar-refractivity contribution in [1.29, 1.82) is 0 Å². The van der Waals surface area contributed by atoms with Crippen molar-refractivity contribution < 1.29 is 4.74 Å². The summed E-state index contributed by atoms with van der Waals surface area (Å²) in [6, 6.07) is 16.0. The highest BCUT2D eigenvalue weighted by Gasteiger charge is 2.31. The predicted molar refractivity (Wildman–Crippen MR) is 98.2 cm³/mol. The van der Waals surface area contributed by atoms with E-state index in [4.69, 9.17) is 4.74 Å². The van der Waals surface area contributed by atoms with E-state index in [9.17, 15) is 0 Å². The van der Waals surface area contributed by atoms with Gasteiger partial charge in [0, 0.05) is 5.69 Å². The van der Waals surface area contributed by atoms with Crippen LogP contribution in [-0.2, 0) is 5.54 Å². The highest BCUT2D eigenvalue weighted by Crippen LogP contribution is 2.29. The van der Waals surface area contributed by atoms with Crippen molar-refractivity contribution in [2.75, 3.05) is 12.4 Å². The van der Waals surface area contributed by atoms with Crippen LogP contribution in [0.15, 0.2) is 48.5 Å². The van der Waals surface area contributed by atoms with Gasteiger partial charge in [-0.2, -0.15) is 4.68 Å². The molecule has 1 unspecified atom stereocenters. The number of tetrazole rings is 1. The van der Waals surface area contributed by atoms with Gasteiger partial charge in [-0.3, -0.25) is 0 Å². The summed E-state index contributed by atoms with van der Waals surface area (Å²) in [5, 5.41) is 16.0. The van der Waals surface area contributed by atoms with Gasteiger partial charge in [0.05, 0.1) is 18.3 Å². The van der Waals surface area contributed by atoms with Crippen molar-refractivity contribution in [3.8, 4) is 11.4 Å². The summed E-state index contributed by atoms with van der Waals surface area (Å²) in [6.45, 7) is 6.28. The number of ether oxygens (including phenoxy) is 1. The maximum atomic E-state index is 5.22. The molecule has 0 saturated carbocycles. The predicted octanol–water partition coefficient (Wildman–Crippen LogP) is 3.72. The van der Waals surface area contributed by atoms with Crippen LogP contribution in [0.5, 0.6) is 5.75 Å². The fourth-order valence-corrected chi connectivity index (χ4v) is 2.69. The smallest absolute Gasteiger partial charge is 0.181 e. The minimum absolute atomic E-state index is 0.414. The Kier molecular flexibility index (Phi) is 4.70. The Morgan fingerprint density at radius 1 is 1.08 bits per heavy atom. The molecule has 6 nitrogen and oxygen atoms in total. The molecule has 0 bridgehead atoms. The highest BCUT2D eigenvalue weighted by atomic mass is 16.5. The van der Waals surface area contributed by atoms with Crippen LogP contribution in [0, 0.1) is 6.92 Å². The molecule has 130 valence electrons. The molecule has 0 aliphatic heterocycles. The third-order valence-corrected chi connectivity index (χ3v) is 4.46. The SMILES string of the molecule is CCC(C)(Nc1ccc(OC)cc1)c1nnnn1-c1ccc(C)cc1. The summed E-state index contributed by atoms with van der Waals surface area (Å²) in [5.41, 5.74) is 2.72. The number of anilines is 1. The minimum Gasteiger partial charge on any atom is -0.497 e. The summed E-state index contributed by atoms with van der Waals surface area (Å²) in [5.74, 6) is 1.60. The van der Waals surface area contributed by atoms with Gasteiger partial charge in [0.15, 0.2) is 5.82 Å². The average molecular weight is 337 g/mol. The number of aryl methyl sites for hydroxylation is 1. The number of methoxy groups -OCH3 is 1. The Bertz CT molecular complexity index is 826. The zero-order chi connectivity index (χ0) is 17.9. The van der Waals surface area contributed by atoms with Gasteiger partial charge in [-0.25, -0.2) is 0 Å². The molecular weight excluding hydrogens is 314 g/mol. The standard InChI is InChI=1S/C19H23N5O/c1-5-19(3,20-15-8-12-17(25-4)13-9-15)18-21-22-23-24(18)16-10-6-14(2)7-11-16/h6-13,20H,5H2,1-4H3. The molecule has 2 aromatic carbocycles. The molecule has 0 aliphatic rings. The van der Waals surface area contributed by atoms with Gasteiger partial charge in [-0.1, -0.05) is 24.6 Å². The van der Waals surface area contributed by atoms with Gasteiger partial charge in [-0.05, 0) is 67.1 Å². The quantitative estimate of drug-likeness (QED) is 0.743. The van der Waals surface area contributed by atoms with Crippen LogP contribution < -0.4 is 10.1 Å². The molecule has 1 aromatic heterocycles. The van der Waals surface area contributed by atoms with E-state index in [-0.39, 0.29) is 0 Å². The van der Waals surface area contributed by atoms with Crippen molar-refractivity contribution in [3.05, 3.63) is 59.9 Å². The van der Waals surface area contributed by atoms with Gasteiger partial charge < -0.3 is 10.1 Å². The van der Waals surface area contributed by atoms with Gasteiger partial charge >= 0.3 is 0 Å². The molecular formula is C19H23N5O. The van der Waals surface area contributed by atoms with Crippen molar-refractivity contribution in [2.45, 2.75) is 32.7 Å². The fraction of sp³-hybridized carbons (Fsp3) is 0.316. The first kappa shape index (κ1) is 17.0. The Morgan fingerprint density at radius 2 is 1.76 bits per heavy atom. The molecule has 0 radical (unpaired) electrons. The Balaban J connectivity index is 1.94. The molecule has 0 aliphatic carbocycles. The van der Waals surface area contributed by atoms with E-state index >= 15 is 0 Å². The van der Waals surface area contributed by atoms with Crippen LogP contribution in [-0.4, -0.2) is 27.3 Å². The van der Waals surface area contributed by atoms with Crippen LogP contribution in [0.3, 0.4) is 0 Å². The molecule has 0 amide bonds. The molecule has 1 heterocycles. The Labute approximate surface area is 147 Å². The second-order valence-corrected chi connectivity index (χ2v) is 6.29. The van der Waals surface area contributed by atoms with Crippen LogP contribution in [0.25, 0.3) is 5.69 Å². The second-order valence-electron chi connectivity index (χ2n) is 6.29. The second kappa shape index (κ2) is 6.93. The molecule has 1 atom stereocenters. The van der Waals surface area contributed by atoms with Crippen molar-refractivity contribution in [1.82, 2.24) is 20.2 Å². The fourth-order valence-electron chi connectivity index (χ4n) is 2.69. The van der Waals surface area contributed by atoms with Gasteiger partial charge in [0.2, 0.25) is 0 Å². The number of hydrogen-bond acceptors (Lipinski definition) is 5. The molecule has 3 rings (SSSR count). The lowest BCUT2D eigenvalue weighted by atomic mass is 9.97. The number of benzene rings is 2. The summed E-state index contributed by atoms with van der Waals surface area (Å²) in [7, 11) is 1.66. The first-order valence-corrected chi connectivity index (χ1v) is 8.34. The first-order valence-electron chi connectivity index (χ1n) is 8.34. The molecule has 25 heavy (non-hydrogen) atoms. The number of aromatic nitrogens is 4. The van der Waals surface area contributed by atoms with E-state index in [0.717, 1.165) is 29.4 Å². The van der Waals surface area contributed by atoms with E-state index in [1.54, 1.807) is 11.8 Å². The van der Waals surface area contributed by atoms with E-state index in [1.807, 2.05) is 36.4 Å². The van der Waals surface area contributed by atoms with E-state index in [1.165, 1.54) is 5.56 Å². The van der Waals surface area contributed by atoms with Gasteiger partial charge in [-0.15, -0.1) is 5.10 Å². The van der Waals surface area contributed by atoms with Gasteiger partial charge in [0.25, 0.3) is 0 Å². The average Bonchev–Trinajstić information content (AvgIpc) is 3.13. The molecule has 6 heteroatoms. The molecule has 0 spiro atoms. The number of rotatable bonds is 6. The summed E-state index contributed by atoms with van der Waals surface area (Å²) in [6.07, 6.45) is 0.825.